The predicted molar refractivity (Wildman–Crippen MR) is 116 cm³/mol. The Hall–Kier alpha value is -3.13. The standard InChI is InChI=1S/C21H23ClN4O4/c22-17-5-8-19(9-6-17)30-15-21(27)24-23-14-16-13-18(26(28)29)7-10-20(16)25-11-3-1-2-4-12-25/h5-10,13-14H,1-4,11-12,15H2,(H,24,27)/b23-14-. The van der Waals surface area contributed by atoms with Gasteiger partial charge in [0.2, 0.25) is 0 Å². The van der Waals surface area contributed by atoms with Crippen molar-refractivity contribution in [1.82, 2.24) is 5.43 Å². The molecule has 8 nitrogen and oxygen atoms in total. The number of halogens is 1. The number of non-ortho nitro benzene ring substituents is 1. The first-order chi connectivity index (χ1) is 14.5. The summed E-state index contributed by atoms with van der Waals surface area (Å²) in [5, 5.41) is 15.7. The van der Waals surface area contributed by atoms with Gasteiger partial charge in [0, 0.05) is 41.5 Å². The zero-order chi connectivity index (χ0) is 21.3. The highest BCUT2D eigenvalue weighted by Crippen LogP contribution is 2.26. The molecule has 0 unspecified atom stereocenters. The summed E-state index contributed by atoms with van der Waals surface area (Å²) >= 11 is 5.81. The number of carbonyl (C=O) groups is 1. The summed E-state index contributed by atoms with van der Waals surface area (Å²) < 4.78 is 5.37. The Morgan fingerprint density at radius 1 is 1.17 bits per heavy atom. The molecule has 1 amide bonds. The summed E-state index contributed by atoms with van der Waals surface area (Å²) in [5.74, 6) is 0.0728. The second-order valence-corrected chi connectivity index (χ2v) is 7.37. The summed E-state index contributed by atoms with van der Waals surface area (Å²) in [6.45, 7) is 1.56. The molecular weight excluding hydrogens is 408 g/mol. The van der Waals surface area contributed by atoms with E-state index in [2.05, 4.69) is 15.4 Å². The lowest BCUT2D eigenvalue weighted by Crippen LogP contribution is -2.26. The van der Waals surface area contributed by atoms with Gasteiger partial charge < -0.3 is 9.64 Å². The van der Waals surface area contributed by atoms with E-state index in [1.165, 1.54) is 31.2 Å². The number of carbonyl (C=O) groups excluding carboxylic acids is 1. The third-order valence-corrected chi connectivity index (χ3v) is 5.00. The quantitative estimate of drug-likeness (QED) is 0.404. The van der Waals surface area contributed by atoms with Gasteiger partial charge in [-0.15, -0.1) is 0 Å². The number of nitrogens with zero attached hydrogens (tertiary/aromatic N) is 3. The Balaban J connectivity index is 1.66. The van der Waals surface area contributed by atoms with E-state index in [0.717, 1.165) is 31.6 Å². The van der Waals surface area contributed by atoms with Gasteiger partial charge in [0.1, 0.15) is 5.75 Å². The fourth-order valence-corrected chi connectivity index (χ4v) is 3.37. The average molecular weight is 431 g/mol. The van der Waals surface area contributed by atoms with E-state index in [0.29, 0.717) is 16.3 Å². The molecule has 0 atom stereocenters. The molecule has 0 bridgehead atoms. The molecule has 1 heterocycles. The van der Waals surface area contributed by atoms with Crippen molar-refractivity contribution < 1.29 is 14.5 Å². The van der Waals surface area contributed by atoms with Gasteiger partial charge in [0.15, 0.2) is 6.61 Å². The molecule has 1 N–H and O–H groups in total. The molecule has 1 aliphatic rings. The van der Waals surface area contributed by atoms with Gasteiger partial charge in [-0.1, -0.05) is 24.4 Å². The van der Waals surface area contributed by atoms with Crippen LogP contribution >= 0.6 is 11.6 Å². The highest BCUT2D eigenvalue weighted by Gasteiger charge is 2.16. The summed E-state index contributed by atoms with van der Waals surface area (Å²) in [6.07, 6.45) is 5.94. The zero-order valence-electron chi connectivity index (χ0n) is 16.4. The molecule has 1 fully saturated rings. The van der Waals surface area contributed by atoms with Gasteiger partial charge in [0.05, 0.1) is 11.1 Å². The minimum Gasteiger partial charge on any atom is -0.484 e. The molecule has 9 heteroatoms. The van der Waals surface area contributed by atoms with Gasteiger partial charge in [-0.2, -0.15) is 5.10 Å². The summed E-state index contributed by atoms with van der Waals surface area (Å²) in [7, 11) is 0. The fraction of sp³-hybridized carbons (Fsp3) is 0.333. The lowest BCUT2D eigenvalue weighted by atomic mass is 10.1. The van der Waals surface area contributed by atoms with Crippen LogP contribution in [0, 0.1) is 10.1 Å². The van der Waals surface area contributed by atoms with E-state index < -0.39 is 10.8 Å². The highest BCUT2D eigenvalue weighted by atomic mass is 35.5. The maximum atomic E-state index is 12.0. The molecule has 0 aromatic heterocycles. The average Bonchev–Trinajstić information content (AvgIpc) is 3.02. The van der Waals surface area contributed by atoms with E-state index >= 15 is 0 Å². The van der Waals surface area contributed by atoms with E-state index in [1.54, 1.807) is 30.3 Å². The normalized spacial score (nSPS) is 14.4. The van der Waals surface area contributed by atoms with Crippen molar-refractivity contribution in [3.8, 4) is 5.75 Å². The molecule has 0 saturated carbocycles. The minimum atomic E-state index is -0.442. The Morgan fingerprint density at radius 2 is 1.87 bits per heavy atom. The third-order valence-electron chi connectivity index (χ3n) is 4.75. The molecule has 0 radical (unpaired) electrons. The third kappa shape index (κ3) is 6.18. The number of anilines is 1. The lowest BCUT2D eigenvalue weighted by molar-refractivity contribution is -0.384. The maximum Gasteiger partial charge on any atom is 0.277 e. The zero-order valence-corrected chi connectivity index (χ0v) is 17.2. The Bertz CT molecular complexity index is 910. The maximum absolute atomic E-state index is 12.0. The first kappa shape index (κ1) is 21.6. The van der Waals surface area contributed by atoms with Crippen LogP contribution in [-0.4, -0.2) is 36.7 Å². The molecule has 1 aliphatic heterocycles. The number of nitrogens with one attached hydrogen (secondary N) is 1. The van der Waals surface area contributed by atoms with Crippen LogP contribution in [0.2, 0.25) is 5.02 Å². The highest BCUT2D eigenvalue weighted by molar-refractivity contribution is 6.30. The topological polar surface area (TPSA) is 97.1 Å². The Morgan fingerprint density at radius 3 is 2.53 bits per heavy atom. The molecule has 30 heavy (non-hydrogen) atoms. The van der Waals surface area contributed by atoms with Crippen molar-refractivity contribution in [1.29, 1.82) is 0 Å². The van der Waals surface area contributed by atoms with Crippen LogP contribution in [0.4, 0.5) is 11.4 Å². The lowest BCUT2D eigenvalue weighted by Gasteiger charge is -2.24. The van der Waals surface area contributed by atoms with Crippen molar-refractivity contribution in [2.75, 3.05) is 24.6 Å². The van der Waals surface area contributed by atoms with Gasteiger partial charge >= 0.3 is 0 Å². The molecule has 3 rings (SSSR count). The molecular formula is C21H23ClN4O4. The number of hydrazone groups is 1. The molecule has 158 valence electrons. The number of nitro groups is 1. The van der Waals surface area contributed by atoms with Crippen LogP contribution in [0.3, 0.4) is 0 Å². The van der Waals surface area contributed by atoms with E-state index in [-0.39, 0.29) is 12.3 Å². The first-order valence-corrected chi connectivity index (χ1v) is 10.1. The number of rotatable bonds is 7. The molecule has 1 saturated heterocycles. The molecule has 2 aromatic rings. The number of benzene rings is 2. The van der Waals surface area contributed by atoms with Crippen molar-refractivity contribution in [3.63, 3.8) is 0 Å². The van der Waals surface area contributed by atoms with Crippen LogP contribution in [0.5, 0.6) is 5.75 Å². The van der Waals surface area contributed by atoms with E-state index in [4.69, 9.17) is 16.3 Å². The molecule has 0 aliphatic carbocycles. The van der Waals surface area contributed by atoms with Crippen LogP contribution in [0.1, 0.15) is 31.2 Å². The summed E-state index contributed by atoms with van der Waals surface area (Å²) in [5.41, 5.74) is 3.84. The van der Waals surface area contributed by atoms with E-state index in [1.807, 2.05) is 0 Å². The SMILES string of the molecule is O=C(COc1ccc(Cl)cc1)N/N=C\c1cc([N+](=O)[O-])ccc1N1CCCCCC1. The van der Waals surface area contributed by atoms with E-state index in [9.17, 15) is 14.9 Å². The van der Waals surface area contributed by atoms with Crippen molar-refractivity contribution in [3.05, 3.63) is 63.2 Å². The summed E-state index contributed by atoms with van der Waals surface area (Å²) in [4.78, 5) is 24.9. The number of ether oxygens (including phenoxy) is 1. The monoisotopic (exact) mass is 430 g/mol. The van der Waals surface area contributed by atoms with Gasteiger partial charge in [-0.3, -0.25) is 14.9 Å². The number of hydrogen-bond donors (Lipinski definition) is 1. The predicted octanol–water partition coefficient (Wildman–Crippen LogP) is 4.16. The van der Waals surface area contributed by atoms with Gasteiger partial charge in [-0.25, -0.2) is 5.43 Å². The molecule has 0 spiro atoms. The van der Waals surface area contributed by atoms with Crippen molar-refractivity contribution in [2.45, 2.75) is 25.7 Å². The van der Waals surface area contributed by atoms with Crippen LogP contribution in [0.15, 0.2) is 47.6 Å². The summed E-state index contributed by atoms with van der Waals surface area (Å²) in [6, 6.07) is 11.4. The Labute approximate surface area is 179 Å². The van der Waals surface area contributed by atoms with Crippen molar-refractivity contribution >= 4 is 35.1 Å². The largest absolute Gasteiger partial charge is 0.484 e. The van der Waals surface area contributed by atoms with Crippen LogP contribution < -0.4 is 15.1 Å². The second-order valence-electron chi connectivity index (χ2n) is 6.94. The number of amides is 1. The van der Waals surface area contributed by atoms with Gasteiger partial charge in [-0.05, 0) is 43.2 Å². The van der Waals surface area contributed by atoms with Crippen LogP contribution in [0.25, 0.3) is 0 Å². The Kier molecular flexibility index (Phi) is 7.62. The smallest absolute Gasteiger partial charge is 0.277 e. The number of hydrogen-bond acceptors (Lipinski definition) is 6. The number of nitro benzene ring substituents is 1. The van der Waals surface area contributed by atoms with Gasteiger partial charge in [0.25, 0.3) is 11.6 Å². The van der Waals surface area contributed by atoms with Crippen LogP contribution in [-0.2, 0) is 4.79 Å². The van der Waals surface area contributed by atoms with Crippen molar-refractivity contribution in [2.24, 2.45) is 5.10 Å². The fourth-order valence-electron chi connectivity index (χ4n) is 3.24. The second kappa shape index (κ2) is 10.6. The minimum absolute atomic E-state index is 0.0209. The molecule has 2 aromatic carbocycles. The first-order valence-electron chi connectivity index (χ1n) is 9.76.